The smallest absolute Gasteiger partial charge is 0.347 e. The van der Waals surface area contributed by atoms with Crippen molar-refractivity contribution in [3.05, 3.63) is 29.6 Å². The topological polar surface area (TPSA) is 47.6 Å². The Hall–Kier alpha value is -1.62. The van der Waals surface area contributed by atoms with Gasteiger partial charge in [0.15, 0.2) is 17.7 Å². The molecule has 0 radical (unpaired) electrons. The fraction of sp³-hybridized carbons (Fsp3) is 0.562. The van der Waals surface area contributed by atoms with Gasteiger partial charge in [0.05, 0.1) is 6.61 Å². The molecule has 1 atom stereocenters. The highest BCUT2D eigenvalue weighted by Gasteiger charge is 2.24. The number of para-hydroxylation sites is 1. The lowest BCUT2D eigenvalue weighted by molar-refractivity contribution is -0.151. The van der Waals surface area contributed by atoms with Crippen LogP contribution in [0, 0.1) is 5.82 Å². The van der Waals surface area contributed by atoms with Crippen LogP contribution in [-0.2, 0) is 16.1 Å². The maximum atomic E-state index is 14.0. The van der Waals surface area contributed by atoms with Crippen molar-refractivity contribution in [1.29, 1.82) is 0 Å². The van der Waals surface area contributed by atoms with Gasteiger partial charge < -0.3 is 14.8 Å². The van der Waals surface area contributed by atoms with Gasteiger partial charge in [-0.05, 0) is 32.3 Å². The van der Waals surface area contributed by atoms with Crippen LogP contribution in [0.25, 0.3) is 0 Å². The molecule has 21 heavy (non-hydrogen) atoms. The van der Waals surface area contributed by atoms with Crippen LogP contribution in [0.5, 0.6) is 5.75 Å². The van der Waals surface area contributed by atoms with Gasteiger partial charge in [0.25, 0.3) is 0 Å². The lowest BCUT2D eigenvalue weighted by atomic mass is 10.1. The molecule has 1 aromatic carbocycles. The highest BCUT2D eigenvalue weighted by molar-refractivity contribution is 5.75. The Morgan fingerprint density at radius 2 is 2.19 bits per heavy atom. The molecule has 1 aliphatic rings. The average Bonchev–Trinajstić information content (AvgIpc) is 3.28. The van der Waals surface area contributed by atoms with E-state index in [1.165, 1.54) is 6.07 Å². The molecule has 5 heteroatoms. The van der Waals surface area contributed by atoms with Gasteiger partial charge in [0, 0.05) is 18.2 Å². The summed E-state index contributed by atoms with van der Waals surface area (Å²) in [6.07, 6.45) is 1.97. The second kappa shape index (κ2) is 7.41. The van der Waals surface area contributed by atoms with E-state index in [9.17, 15) is 9.18 Å². The van der Waals surface area contributed by atoms with Crippen molar-refractivity contribution in [2.45, 2.75) is 51.8 Å². The number of benzene rings is 1. The maximum Gasteiger partial charge on any atom is 0.347 e. The molecule has 0 saturated heterocycles. The number of hydrogen-bond acceptors (Lipinski definition) is 4. The van der Waals surface area contributed by atoms with Crippen molar-refractivity contribution in [1.82, 2.24) is 5.32 Å². The fourth-order valence-corrected chi connectivity index (χ4v) is 2.04. The summed E-state index contributed by atoms with van der Waals surface area (Å²) in [7, 11) is 0. The Bertz CT molecular complexity index is 488. The highest BCUT2D eigenvalue weighted by Crippen LogP contribution is 2.26. The molecular weight excluding hydrogens is 273 g/mol. The minimum atomic E-state index is -0.776. The van der Waals surface area contributed by atoms with E-state index in [2.05, 4.69) is 5.32 Å². The second-order valence-corrected chi connectivity index (χ2v) is 5.15. The van der Waals surface area contributed by atoms with E-state index < -0.39 is 17.9 Å². The summed E-state index contributed by atoms with van der Waals surface area (Å²) >= 11 is 0. The highest BCUT2D eigenvalue weighted by atomic mass is 19.1. The molecule has 0 bridgehead atoms. The molecule has 0 amide bonds. The summed E-state index contributed by atoms with van der Waals surface area (Å²) in [5.74, 6) is -0.761. The molecule has 2 rings (SSSR count). The third kappa shape index (κ3) is 4.43. The van der Waals surface area contributed by atoms with Gasteiger partial charge in [-0.1, -0.05) is 19.1 Å². The van der Waals surface area contributed by atoms with Crippen molar-refractivity contribution in [3.8, 4) is 5.75 Å². The number of rotatable bonds is 8. The minimum absolute atomic E-state index is 0.144. The van der Waals surface area contributed by atoms with Crippen molar-refractivity contribution in [3.63, 3.8) is 0 Å². The maximum absolute atomic E-state index is 14.0. The number of hydrogen-bond donors (Lipinski definition) is 1. The van der Waals surface area contributed by atoms with Crippen LogP contribution in [0.15, 0.2) is 18.2 Å². The Labute approximate surface area is 124 Å². The molecule has 0 aliphatic heterocycles. The number of halogens is 1. The first kappa shape index (κ1) is 15.8. The Balaban J connectivity index is 2.10. The number of nitrogens with one attached hydrogen (secondary N) is 1. The third-order valence-corrected chi connectivity index (χ3v) is 3.39. The summed E-state index contributed by atoms with van der Waals surface area (Å²) in [4.78, 5) is 11.8. The molecule has 0 heterocycles. The van der Waals surface area contributed by atoms with Crippen LogP contribution < -0.4 is 10.1 Å². The molecule has 1 aromatic rings. The van der Waals surface area contributed by atoms with E-state index in [-0.39, 0.29) is 12.4 Å². The summed E-state index contributed by atoms with van der Waals surface area (Å²) in [5, 5.41) is 3.32. The fourth-order valence-electron chi connectivity index (χ4n) is 2.04. The summed E-state index contributed by atoms with van der Waals surface area (Å²) < 4.78 is 24.6. The normalized spacial score (nSPS) is 15.6. The van der Waals surface area contributed by atoms with Crippen LogP contribution in [0.2, 0.25) is 0 Å². The first-order valence-electron chi connectivity index (χ1n) is 7.49. The van der Waals surface area contributed by atoms with E-state index >= 15 is 0 Å². The van der Waals surface area contributed by atoms with E-state index in [0.29, 0.717) is 19.0 Å². The van der Waals surface area contributed by atoms with Crippen LogP contribution >= 0.6 is 0 Å². The van der Waals surface area contributed by atoms with Gasteiger partial charge in [-0.15, -0.1) is 0 Å². The zero-order valence-corrected chi connectivity index (χ0v) is 12.5. The van der Waals surface area contributed by atoms with E-state index in [0.717, 1.165) is 18.4 Å². The van der Waals surface area contributed by atoms with E-state index in [1.807, 2.05) is 13.0 Å². The molecular formula is C16H22FNO3. The van der Waals surface area contributed by atoms with Crippen LogP contribution in [0.1, 0.15) is 38.7 Å². The van der Waals surface area contributed by atoms with Gasteiger partial charge in [-0.2, -0.15) is 0 Å². The minimum Gasteiger partial charge on any atom is -0.475 e. The molecule has 1 saturated carbocycles. The van der Waals surface area contributed by atoms with E-state index in [4.69, 9.17) is 9.47 Å². The van der Waals surface area contributed by atoms with Crippen molar-refractivity contribution in [2.24, 2.45) is 0 Å². The second-order valence-electron chi connectivity index (χ2n) is 5.15. The van der Waals surface area contributed by atoms with Gasteiger partial charge in [0.1, 0.15) is 0 Å². The number of carbonyl (C=O) groups excluding carboxylic acids is 1. The molecule has 0 aromatic heterocycles. The lowest BCUT2D eigenvalue weighted by Crippen LogP contribution is -2.29. The Morgan fingerprint density at radius 1 is 1.43 bits per heavy atom. The lowest BCUT2D eigenvalue weighted by Gasteiger charge is -2.19. The Kier molecular flexibility index (Phi) is 5.56. The number of ether oxygens (including phenoxy) is 2. The SMILES string of the molecule is CCOC(=O)C(CC)Oc1c(F)cccc1CNC1CC1. The largest absolute Gasteiger partial charge is 0.475 e. The number of esters is 1. The van der Waals surface area contributed by atoms with Crippen molar-refractivity contribution < 1.29 is 18.7 Å². The van der Waals surface area contributed by atoms with Gasteiger partial charge in [0.2, 0.25) is 0 Å². The zero-order valence-electron chi connectivity index (χ0n) is 12.5. The van der Waals surface area contributed by atoms with Crippen molar-refractivity contribution >= 4 is 5.97 Å². The average molecular weight is 295 g/mol. The molecule has 1 fully saturated rings. The predicted octanol–water partition coefficient (Wildman–Crippen LogP) is 2.80. The molecule has 4 nitrogen and oxygen atoms in total. The molecule has 1 unspecified atom stereocenters. The van der Waals surface area contributed by atoms with Gasteiger partial charge in [-0.3, -0.25) is 0 Å². The van der Waals surface area contributed by atoms with Crippen molar-refractivity contribution in [2.75, 3.05) is 6.61 Å². The molecule has 0 spiro atoms. The quantitative estimate of drug-likeness (QED) is 0.749. The molecule has 1 aliphatic carbocycles. The zero-order chi connectivity index (χ0) is 15.2. The standard InChI is InChI=1S/C16H22FNO3/c1-3-14(16(19)20-4-2)21-15-11(6-5-7-13(15)17)10-18-12-8-9-12/h5-7,12,14,18H,3-4,8-10H2,1-2H3. The van der Waals surface area contributed by atoms with Crippen LogP contribution in [0.4, 0.5) is 4.39 Å². The molecule has 1 N–H and O–H groups in total. The van der Waals surface area contributed by atoms with Crippen LogP contribution in [-0.4, -0.2) is 24.7 Å². The summed E-state index contributed by atoms with van der Waals surface area (Å²) in [6, 6.07) is 5.32. The summed E-state index contributed by atoms with van der Waals surface area (Å²) in [5.41, 5.74) is 0.727. The Morgan fingerprint density at radius 3 is 2.81 bits per heavy atom. The first-order valence-corrected chi connectivity index (χ1v) is 7.49. The van der Waals surface area contributed by atoms with Gasteiger partial charge >= 0.3 is 5.97 Å². The number of carbonyl (C=O) groups is 1. The van der Waals surface area contributed by atoms with Gasteiger partial charge in [-0.25, -0.2) is 9.18 Å². The first-order chi connectivity index (χ1) is 10.2. The monoisotopic (exact) mass is 295 g/mol. The third-order valence-electron chi connectivity index (χ3n) is 3.39. The van der Waals surface area contributed by atoms with Crippen LogP contribution in [0.3, 0.4) is 0 Å². The van der Waals surface area contributed by atoms with E-state index in [1.54, 1.807) is 13.0 Å². The summed E-state index contributed by atoms with van der Waals surface area (Å²) in [6.45, 7) is 4.37. The molecule has 116 valence electrons. The predicted molar refractivity (Wildman–Crippen MR) is 77.6 cm³/mol.